The van der Waals surface area contributed by atoms with Crippen molar-refractivity contribution in [3.8, 4) is 0 Å². The number of nitrogens with one attached hydrogen (secondary N) is 2. The van der Waals surface area contributed by atoms with E-state index in [0.717, 1.165) is 12.8 Å². The average Bonchev–Trinajstić information content (AvgIpc) is 2.45. The van der Waals surface area contributed by atoms with E-state index in [4.69, 9.17) is 5.11 Å². The van der Waals surface area contributed by atoms with E-state index in [9.17, 15) is 9.59 Å². The van der Waals surface area contributed by atoms with Crippen molar-refractivity contribution >= 4 is 11.8 Å². The van der Waals surface area contributed by atoms with Crippen molar-refractivity contribution in [1.29, 1.82) is 0 Å². The van der Waals surface area contributed by atoms with Crippen LogP contribution in [0.2, 0.25) is 0 Å². The molecule has 116 valence electrons. The largest absolute Gasteiger partial charge is 0.394 e. The van der Waals surface area contributed by atoms with Gasteiger partial charge in [-0.1, -0.05) is 26.2 Å². The van der Waals surface area contributed by atoms with Gasteiger partial charge in [-0.15, -0.1) is 0 Å². The zero-order valence-corrected chi connectivity index (χ0v) is 12.7. The van der Waals surface area contributed by atoms with Crippen molar-refractivity contribution in [2.45, 2.75) is 70.9 Å². The molecule has 2 atom stereocenters. The maximum atomic E-state index is 11.9. The molecular weight excluding hydrogens is 256 g/mol. The van der Waals surface area contributed by atoms with Crippen LogP contribution in [0.15, 0.2) is 0 Å². The lowest BCUT2D eigenvalue weighted by atomic mass is 9.87. The maximum absolute atomic E-state index is 11.9. The highest BCUT2D eigenvalue weighted by molar-refractivity contribution is 5.87. The minimum absolute atomic E-state index is 0.0448. The summed E-state index contributed by atoms with van der Waals surface area (Å²) in [6.45, 7) is 3.50. The maximum Gasteiger partial charge on any atom is 0.242 e. The van der Waals surface area contributed by atoms with Crippen molar-refractivity contribution in [1.82, 2.24) is 10.6 Å². The molecule has 0 aliphatic heterocycles. The molecule has 5 heteroatoms. The summed E-state index contributed by atoms with van der Waals surface area (Å²) >= 11 is 0. The molecule has 0 aromatic heterocycles. The van der Waals surface area contributed by atoms with E-state index in [1.165, 1.54) is 19.3 Å². The summed E-state index contributed by atoms with van der Waals surface area (Å²) in [4.78, 5) is 23.8. The van der Waals surface area contributed by atoms with Gasteiger partial charge in [0.25, 0.3) is 0 Å². The van der Waals surface area contributed by atoms with Gasteiger partial charge in [-0.2, -0.15) is 0 Å². The van der Waals surface area contributed by atoms with Crippen molar-refractivity contribution < 1.29 is 14.7 Å². The van der Waals surface area contributed by atoms with Gasteiger partial charge in [0.1, 0.15) is 6.04 Å². The lowest BCUT2D eigenvalue weighted by molar-refractivity contribution is -0.129. The van der Waals surface area contributed by atoms with Crippen LogP contribution in [0.5, 0.6) is 0 Å². The smallest absolute Gasteiger partial charge is 0.242 e. The Morgan fingerprint density at radius 3 is 2.40 bits per heavy atom. The van der Waals surface area contributed by atoms with E-state index in [1.807, 2.05) is 6.92 Å². The predicted octanol–water partition coefficient (Wildman–Crippen LogP) is 1.35. The van der Waals surface area contributed by atoms with E-state index in [-0.39, 0.29) is 24.5 Å². The van der Waals surface area contributed by atoms with Gasteiger partial charge in [-0.05, 0) is 32.1 Å². The van der Waals surface area contributed by atoms with Gasteiger partial charge in [0, 0.05) is 6.42 Å². The number of hydrogen-bond acceptors (Lipinski definition) is 3. The van der Waals surface area contributed by atoms with Crippen LogP contribution >= 0.6 is 0 Å². The van der Waals surface area contributed by atoms with Gasteiger partial charge >= 0.3 is 0 Å². The Balaban J connectivity index is 2.30. The third kappa shape index (κ3) is 5.90. The second kappa shape index (κ2) is 8.95. The Morgan fingerprint density at radius 2 is 1.85 bits per heavy atom. The summed E-state index contributed by atoms with van der Waals surface area (Å²) in [5, 5.41) is 14.5. The van der Waals surface area contributed by atoms with Crippen LogP contribution in [0.25, 0.3) is 0 Å². The normalized spacial score (nSPS) is 19.1. The fourth-order valence-electron chi connectivity index (χ4n) is 2.62. The lowest BCUT2D eigenvalue weighted by Gasteiger charge is -2.22. The SMILES string of the molecule is CCC(CO)NC(=O)C(C)NC(=O)CC1CCCCC1. The molecule has 5 nitrogen and oxygen atoms in total. The topological polar surface area (TPSA) is 78.4 Å². The highest BCUT2D eigenvalue weighted by atomic mass is 16.3. The Labute approximate surface area is 121 Å². The number of hydrogen-bond donors (Lipinski definition) is 3. The molecule has 0 aromatic carbocycles. The van der Waals surface area contributed by atoms with Gasteiger partial charge in [0.2, 0.25) is 11.8 Å². The second-order valence-corrected chi connectivity index (χ2v) is 5.79. The fraction of sp³-hybridized carbons (Fsp3) is 0.867. The molecule has 0 bridgehead atoms. The van der Waals surface area contributed by atoms with Gasteiger partial charge in [0.15, 0.2) is 0 Å². The first-order chi connectivity index (χ1) is 9.56. The van der Waals surface area contributed by atoms with Crippen LogP contribution in [0.4, 0.5) is 0 Å². The van der Waals surface area contributed by atoms with Gasteiger partial charge in [-0.3, -0.25) is 9.59 Å². The monoisotopic (exact) mass is 284 g/mol. The van der Waals surface area contributed by atoms with E-state index in [0.29, 0.717) is 18.8 Å². The predicted molar refractivity (Wildman–Crippen MR) is 78.1 cm³/mol. The summed E-state index contributed by atoms with van der Waals surface area (Å²) < 4.78 is 0. The molecule has 1 fully saturated rings. The highest BCUT2D eigenvalue weighted by Crippen LogP contribution is 2.26. The Hall–Kier alpha value is -1.10. The summed E-state index contributed by atoms with van der Waals surface area (Å²) in [5.41, 5.74) is 0. The minimum Gasteiger partial charge on any atom is -0.394 e. The molecule has 0 heterocycles. The molecule has 0 aromatic rings. The zero-order valence-electron chi connectivity index (χ0n) is 12.7. The number of aliphatic hydroxyl groups excluding tert-OH is 1. The molecule has 3 N–H and O–H groups in total. The summed E-state index contributed by atoms with van der Waals surface area (Å²) in [5.74, 6) is 0.194. The second-order valence-electron chi connectivity index (χ2n) is 5.79. The van der Waals surface area contributed by atoms with Crippen LogP contribution in [-0.2, 0) is 9.59 Å². The molecule has 1 aliphatic carbocycles. The zero-order chi connectivity index (χ0) is 15.0. The van der Waals surface area contributed by atoms with E-state index in [1.54, 1.807) is 6.92 Å². The Kier molecular flexibility index (Phi) is 7.59. The van der Waals surface area contributed by atoms with Gasteiger partial charge in [-0.25, -0.2) is 0 Å². The van der Waals surface area contributed by atoms with Crippen LogP contribution < -0.4 is 10.6 Å². The van der Waals surface area contributed by atoms with E-state index < -0.39 is 6.04 Å². The van der Waals surface area contributed by atoms with E-state index in [2.05, 4.69) is 10.6 Å². The van der Waals surface area contributed by atoms with Crippen molar-refractivity contribution in [2.24, 2.45) is 5.92 Å². The summed E-state index contributed by atoms with van der Waals surface area (Å²) in [6, 6.07) is -0.785. The van der Waals surface area contributed by atoms with Crippen molar-refractivity contribution in [3.63, 3.8) is 0 Å². The molecule has 0 spiro atoms. The van der Waals surface area contributed by atoms with Crippen LogP contribution in [0, 0.1) is 5.92 Å². The first kappa shape index (κ1) is 17.0. The molecule has 1 aliphatic rings. The average molecular weight is 284 g/mol. The first-order valence-electron chi connectivity index (χ1n) is 7.77. The molecule has 0 radical (unpaired) electrons. The number of aliphatic hydroxyl groups is 1. The standard InChI is InChI=1S/C15H28N2O3/c1-3-13(10-18)17-15(20)11(2)16-14(19)9-12-7-5-4-6-8-12/h11-13,18H,3-10H2,1-2H3,(H,16,19)(H,17,20). The van der Waals surface area contributed by atoms with E-state index >= 15 is 0 Å². The molecule has 1 rings (SSSR count). The molecule has 20 heavy (non-hydrogen) atoms. The Morgan fingerprint density at radius 1 is 1.20 bits per heavy atom. The quantitative estimate of drug-likeness (QED) is 0.660. The molecular formula is C15H28N2O3. The lowest BCUT2D eigenvalue weighted by Crippen LogP contribution is -2.49. The molecule has 0 saturated heterocycles. The summed E-state index contributed by atoms with van der Waals surface area (Å²) in [7, 11) is 0. The van der Waals surface area contributed by atoms with Crippen molar-refractivity contribution in [2.75, 3.05) is 6.61 Å². The third-order valence-electron chi connectivity index (χ3n) is 4.03. The van der Waals surface area contributed by atoms with Crippen LogP contribution in [0.1, 0.15) is 58.8 Å². The molecule has 2 unspecified atom stereocenters. The fourth-order valence-corrected chi connectivity index (χ4v) is 2.62. The number of carbonyl (C=O) groups excluding carboxylic acids is 2. The van der Waals surface area contributed by atoms with Crippen molar-refractivity contribution in [3.05, 3.63) is 0 Å². The van der Waals surface area contributed by atoms with Gasteiger partial charge in [0.05, 0.1) is 12.6 Å². The minimum atomic E-state index is -0.549. The number of amides is 2. The first-order valence-corrected chi connectivity index (χ1v) is 7.77. The van der Waals surface area contributed by atoms with Crippen LogP contribution in [-0.4, -0.2) is 35.6 Å². The highest BCUT2D eigenvalue weighted by Gasteiger charge is 2.21. The number of rotatable bonds is 7. The Bertz CT molecular complexity index is 310. The number of carbonyl (C=O) groups is 2. The summed E-state index contributed by atoms with van der Waals surface area (Å²) in [6.07, 6.45) is 7.13. The molecule has 1 saturated carbocycles. The van der Waals surface area contributed by atoms with Gasteiger partial charge < -0.3 is 15.7 Å². The third-order valence-corrected chi connectivity index (χ3v) is 4.03. The van der Waals surface area contributed by atoms with Crippen LogP contribution in [0.3, 0.4) is 0 Å². The molecule has 2 amide bonds.